The zero-order valence-corrected chi connectivity index (χ0v) is 18.2. The lowest BCUT2D eigenvalue weighted by molar-refractivity contribution is -0.126. The first-order valence-corrected chi connectivity index (χ1v) is 10.6. The number of rotatable bonds is 9. The van der Waals surface area contributed by atoms with Gasteiger partial charge in [0.1, 0.15) is 5.76 Å². The number of carbonyl (C=O) groups is 3. The summed E-state index contributed by atoms with van der Waals surface area (Å²) in [5.74, 6) is -3.11. The van der Waals surface area contributed by atoms with Crippen molar-refractivity contribution in [3.8, 4) is 0 Å². The number of ether oxygens (including phenoxy) is 1. The van der Waals surface area contributed by atoms with E-state index in [0.29, 0.717) is 16.4 Å². The molecule has 33 heavy (non-hydrogen) atoms. The van der Waals surface area contributed by atoms with Crippen molar-refractivity contribution in [2.75, 3.05) is 18.5 Å². The molecule has 2 aromatic carbocycles. The van der Waals surface area contributed by atoms with E-state index in [0.717, 1.165) is 17.8 Å². The van der Waals surface area contributed by atoms with Crippen LogP contribution in [0.15, 0.2) is 57.9 Å². The van der Waals surface area contributed by atoms with Gasteiger partial charge in [0.05, 0.1) is 23.6 Å². The number of hydrogen-bond donors (Lipinski definition) is 2. The second-order valence-corrected chi connectivity index (χ2v) is 7.77. The summed E-state index contributed by atoms with van der Waals surface area (Å²) in [5, 5.41) is 8.40. The summed E-state index contributed by atoms with van der Waals surface area (Å²) in [6, 6.07) is 11.4. The number of nitrogens with one attached hydrogen (secondary N) is 2. The molecule has 1 heterocycles. The molecule has 0 aliphatic heterocycles. The second-order valence-electron chi connectivity index (χ2n) is 6.75. The van der Waals surface area contributed by atoms with E-state index in [-0.39, 0.29) is 11.3 Å². The van der Waals surface area contributed by atoms with Crippen LogP contribution in [0.5, 0.6) is 0 Å². The van der Waals surface area contributed by atoms with Crippen LogP contribution >= 0.6 is 11.8 Å². The molecule has 0 radical (unpaired) electrons. The third-order valence-electron chi connectivity index (χ3n) is 4.14. The quantitative estimate of drug-likeness (QED) is 0.360. The van der Waals surface area contributed by atoms with Crippen molar-refractivity contribution >= 4 is 35.2 Å². The van der Waals surface area contributed by atoms with Gasteiger partial charge in [0.2, 0.25) is 5.91 Å². The smallest absolute Gasteiger partial charge is 0.339 e. The van der Waals surface area contributed by atoms with Crippen molar-refractivity contribution < 1.29 is 32.4 Å². The van der Waals surface area contributed by atoms with Crippen LogP contribution in [0.4, 0.5) is 14.5 Å². The van der Waals surface area contributed by atoms with Crippen molar-refractivity contribution in [2.45, 2.75) is 17.6 Å². The third-order valence-corrected chi connectivity index (χ3v) is 5.23. The molecule has 0 atom stereocenters. The molecule has 3 aromatic rings. The van der Waals surface area contributed by atoms with E-state index in [2.05, 4.69) is 15.8 Å². The topological polar surface area (TPSA) is 111 Å². The zero-order valence-electron chi connectivity index (χ0n) is 17.4. The maximum absolute atomic E-state index is 13.2. The number of amides is 2. The normalized spacial score (nSPS) is 10.5. The van der Waals surface area contributed by atoms with E-state index >= 15 is 0 Å². The Morgan fingerprint density at radius 3 is 2.58 bits per heavy atom. The molecule has 0 saturated heterocycles. The molecule has 2 N–H and O–H groups in total. The highest BCUT2D eigenvalue weighted by Gasteiger charge is 2.16. The van der Waals surface area contributed by atoms with Gasteiger partial charge in [0.15, 0.2) is 18.2 Å². The summed E-state index contributed by atoms with van der Waals surface area (Å²) in [6.45, 7) is 0.760. The Bertz CT molecular complexity index is 1170. The Balaban J connectivity index is 1.45. The molecule has 0 saturated carbocycles. The molecule has 172 valence electrons. The predicted molar refractivity (Wildman–Crippen MR) is 116 cm³/mol. The maximum atomic E-state index is 13.2. The number of nitrogens with zero attached hydrogens (tertiary/aromatic N) is 1. The Hall–Kier alpha value is -3.73. The summed E-state index contributed by atoms with van der Waals surface area (Å²) in [7, 11) is 0. The minimum absolute atomic E-state index is 0.0363. The van der Waals surface area contributed by atoms with Gasteiger partial charge in [-0.2, -0.15) is 0 Å². The SMILES string of the molecule is Cc1cc(CSc2ccccc2C(=O)OCC(=O)NCC(=O)Nc2ccc(F)c(F)c2)on1. The predicted octanol–water partition coefficient (Wildman–Crippen LogP) is 3.47. The van der Waals surface area contributed by atoms with Crippen LogP contribution in [-0.2, 0) is 20.1 Å². The third kappa shape index (κ3) is 7.14. The van der Waals surface area contributed by atoms with Crippen LogP contribution in [-0.4, -0.2) is 36.1 Å². The second kappa shape index (κ2) is 11.2. The van der Waals surface area contributed by atoms with Crippen LogP contribution in [0.25, 0.3) is 0 Å². The molecule has 3 rings (SSSR count). The maximum Gasteiger partial charge on any atom is 0.339 e. The fourth-order valence-corrected chi connectivity index (χ4v) is 3.53. The minimum atomic E-state index is -1.11. The van der Waals surface area contributed by atoms with Gasteiger partial charge in [-0.25, -0.2) is 13.6 Å². The molecule has 0 aliphatic rings. The highest BCUT2D eigenvalue weighted by molar-refractivity contribution is 7.98. The highest BCUT2D eigenvalue weighted by atomic mass is 32.2. The number of halogens is 2. The zero-order chi connectivity index (χ0) is 23.8. The molecule has 0 bridgehead atoms. The highest BCUT2D eigenvalue weighted by Crippen LogP contribution is 2.27. The van der Waals surface area contributed by atoms with Crippen LogP contribution in [0.3, 0.4) is 0 Å². The average molecular weight is 475 g/mol. The lowest BCUT2D eigenvalue weighted by atomic mass is 10.2. The van der Waals surface area contributed by atoms with E-state index in [1.165, 1.54) is 17.8 Å². The first-order chi connectivity index (χ1) is 15.8. The number of anilines is 1. The number of carbonyl (C=O) groups excluding carboxylic acids is 3. The Morgan fingerprint density at radius 1 is 1.06 bits per heavy atom. The molecule has 0 aliphatic carbocycles. The van der Waals surface area contributed by atoms with E-state index in [1.807, 2.05) is 0 Å². The van der Waals surface area contributed by atoms with Crippen molar-refractivity contribution in [3.63, 3.8) is 0 Å². The first-order valence-electron chi connectivity index (χ1n) is 9.64. The van der Waals surface area contributed by atoms with Gasteiger partial charge >= 0.3 is 5.97 Å². The number of esters is 1. The van der Waals surface area contributed by atoms with Gasteiger partial charge < -0.3 is 19.9 Å². The minimum Gasteiger partial charge on any atom is -0.452 e. The fraction of sp³-hybridized carbons (Fsp3) is 0.182. The number of aryl methyl sites for hydroxylation is 1. The Kier molecular flexibility index (Phi) is 8.14. The lowest BCUT2D eigenvalue weighted by Gasteiger charge is -2.10. The molecule has 8 nitrogen and oxygen atoms in total. The van der Waals surface area contributed by atoms with E-state index in [4.69, 9.17) is 9.26 Å². The summed E-state index contributed by atoms with van der Waals surface area (Å²) < 4.78 is 36.3. The molecule has 2 amide bonds. The van der Waals surface area contributed by atoms with Gasteiger partial charge in [-0.1, -0.05) is 17.3 Å². The summed E-state index contributed by atoms with van der Waals surface area (Å²) >= 11 is 1.35. The molecule has 0 spiro atoms. The van der Waals surface area contributed by atoms with Crippen molar-refractivity contribution in [3.05, 3.63) is 77.2 Å². The first kappa shape index (κ1) is 23.9. The Morgan fingerprint density at radius 2 is 1.85 bits per heavy atom. The van der Waals surface area contributed by atoms with Gasteiger partial charge in [-0.3, -0.25) is 9.59 Å². The van der Waals surface area contributed by atoms with Crippen molar-refractivity contribution in [1.82, 2.24) is 10.5 Å². The van der Waals surface area contributed by atoms with Gasteiger partial charge in [-0.15, -0.1) is 11.8 Å². The van der Waals surface area contributed by atoms with Crippen LogP contribution in [0.1, 0.15) is 21.8 Å². The van der Waals surface area contributed by atoms with Gasteiger partial charge in [-0.05, 0) is 31.2 Å². The molecular weight excluding hydrogens is 456 g/mol. The summed E-state index contributed by atoms with van der Waals surface area (Å²) in [6.07, 6.45) is 0. The van der Waals surface area contributed by atoms with Crippen molar-refractivity contribution in [1.29, 1.82) is 0 Å². The molecule has 0 fully saturated rings. The number of benzene rings is 2. The van der Waals surface area contributed by atoms with Crippen LogP contribution in [0.2, 0.25) is 0 Å². The summed E-state index contributed by atoms with van der Waals surface area (Å²) in [5.41, 5.74) is 1.07. The number of thioether (sulfide) groups is 1. The lowest BCUT2D eigenvalue weighted by Crippen LogP contribution is -2.35. The summed E-state index contributed by atoms with van der Waals surface area (Å²) in [4.78, 5) is 36.8. The van der Waals surface area contributed by atoms with E-state index in [1.54, 1.807) is 37.3 Å². The van der Waals surface area contributed by atoms with Gasteiger partial charge in [0.25, 0.3) is 5.91 Å². The largest absolute Gasteiger partial charge is 0.452 e. The van der Waals surface area contributed by atoms with Crippen molar-refractivity contribution in [2.24, 2.45) is 0 Å². The fourth-order valence-electron chi connectivity index (χ4n) is 2.61. The molecule has 0 unspecified atom stereocenters. The molecular formula is C22H19F2N3O5S. The van der Waals surface area contributed by atoms with Crippen LogP contribution in [0, 0.1) is 18.6 Å². The average Bonchev–Trinajstić information content (AvgIpc) is 3.22. The van der Waals surface area contributed by atoms with Gasteiger partial charge in [0, 0.05) is 22.7 Å². The molecule has 11 heteroatoms. The standard InChI is InChI=1S/C22H19F2N3O5S/c1-13-8-15(32-27-13)12-33-19-5-3-2-4-16(19)22(30)31-11-21(29)25-10-20(28)26-14-6-7-17(23)18(24)9-14/h2-9H,10-12H2,1H3,(H,25,29)(H,26,28). The number of hydrogen-bond acceptors (Lipinski definition) is 7. The number of aromatic nitrogens is 1. The van der Waals surface area contributed by atoms with E-state index < -0.39 is 42.6 Å². The van der Waals surface area contributed by atoms with Crippen LogP contribution < -0.4 is 10.6 Å². The Labute approximate surface area is 191 Å². The molecule has 1 aromatic heterocycles. The van der Waals surface area contributed by atoms with E-state index in [9.17, 15) is 23.2 Å². The monoisotopic (exact) mass is 475 g/mol.